The Hall–Kier alpha value is -3.19. The first-order valence-electron chi connectivity index (χ1n) is 10.9. The normalized spacial score (nSPS) is 21.3. The van der Waals surface area contributed by atoms with Crippen LogP contribution in [0.3, 0.4) is 0 Å². The maximum Gasteiger partial charge on any atom is 0.352 e. The van der Waals surface area contributed by atoms with Crippen LogP contribution in [0.2, 0.25) is 0 Å². The summed E-state index contributed by atoms with van der Waals surface area (Å²) in [5.74, 6) is -1.51. The number of nitrogens with two attached hydrogens (primary N) is 1. The first kappa shape index (κ1) is 26.4. The molecule has 5 rings (SSSR count). The van der Waals surface area contributed by atoms with Crippen LogP contribution in [-0.2, 0) is 25.6 Å². The van der Waals surface area contributed by atoms with E-state index in [2.05, 4.69) is 25.5 Å². The van der Waals surface area contributed by atoms with Gasteiger partial charge in [0.1, 0.15) is 30.3 Å². The number of thiazole rings is 1. The lowest BCUT2D eigenvalue weighted by Gasteiger charge is -2.51. The van der Waals surface area contributed by atoms with E-state index in [1.54, 1.807) is 12.3 Å². The van der Waals surface area contributed by atoms with E-state index in [4.69, 9.17) is 10.6 Å². The van der Waals surface area contributed by atoms with Gasteiger partial charge in [-0.05, 0) is 18.1 Å². The van der Waals surface area contributed by atoms with Crippen molar-refractivity contribution in [2.24, 2.45) is 5.16 Å². The minimum Gasteiger partial charge on any atom is -0.614 e. The van der Waals surface area contributed by atoms with E-state index in [1.165, 1.54) is 45.7 Å². The molecule has 3 atom stereocenters. The van der Waals surface area contributed by atoms with Crippen molar-refractivity contribution in [3.05, 3.63) is 44.5 Å². The first-order chi connectivity index (χ1) is 18.2. The third-order valence-corrected chi connectivity index (χ3v) is 10.2. The topological polar surface area (TPSA) is 200 Å². The van der Waals surface area contributed by atoms with Crippen LogP contribution in [0.5, 0.6) is 0 Å². The highest BCUT2D eigenvalue weighted by Gasteiger charge is 2.54. The van der Waals surface area contributed by atoms with Crippen LogP contribution in [0, 0.1) is 6.92 Å². The fraction of sp³-hybridized carbons (Fsp3) is 0.350. The predicted octanol–water partition coefficient (Wildman–Crippen LogP) is -0.132. The number of thioether (sulfide) groups is 1. The standard InChI is InChI=1S/C20H20N8O6S4/c1-8-3-12(29)28-19(22-8)37-20(25-28)36-5-9-7-38(33)16-10(4-27(16)14(9)17(31)32)23-15(30)13(26-34-2)11-6-35-18(21)24-11/h3,6,10,16H,4-5,7H2,1-2H3,(H2,21,24)(H,23,30)(H,31,32)/b26-13-/t10-,16-,38?/m1/s1. The van der Waals surface area contributed by atoms with Gasteiger partial charge in [0.2, 0.25) is 10.3 Å². The van der Waals surface area contributed by atoms with Gasteiger partial charge < -0.3 is 30.4 Å². The average molecular weight is 597 g/mol. The van der Waals surface area contributed by atoms with E-state index in [1.807, 2.05) is 0 Å². The maximum absolute atomic E-state index is 13.2. The van der Waals surface area contributed by atoms with Crippen LogP contribution in [0.15, 0.2) is 37.0 Å². The van der Waals surface area contributed by atoms with Crippen molar-refractivity contribution in [1.29, 1.82) is 0 Å². The minimum atomic E-state index is -1.49. The highest BCUT2D eigenvalue weighted by atomic mass is 32.2. The molecule has 3 aromatic heterocycles. The lowest BCUT2D eigenvalue weighted by molar-refractivity contribution is -0.135. The monoisotopic (exact) mass is 596 g/mol. The van der Waals surface area contributed by atoms with Crippen molar-refractivity contribution in [1.82, 2.24) is 29.8 Å². The van der Waals surface area contributed by atoms with E-state index in [9.17, 15) is 24.0 Å². The van der Waals surface area contributed by atoms with Gasteiger partial charge in [-0.2, -0.15) is 4.52 Å². The van der Waals surface area contributed by atoms with E-state index in [-0.39, 0.29) is 45.8 Å². The molecule has 38 heavy (non-hydrogen) atoms. The van der Waals surface area contributed by atoms with Gasteiger partial charge in [0.25, 0.3) is 11.5 Å². The Balaban J connectivity index is 1.31. The molecule has 1 fully saturated rings. The summed E-state index contributed by atoms with van der Waals surface area (Å²) in [6.07, 6.45) is 0. The first-order valence-corrected chi connectivity index (χ1v) is 15.0. The molecule has 14 nitrogen and oxygen atoms in total. The number of rotatable bonds is 8. The third kappa shape index (κ3) is 4.96. The molecule has 4 N–H and O–H groups in total. The van der Waals surface area contributed by atoms with Crippen LogP contribution in [0.25, 0.3) is 4.96 Å². The van der Waals surface area contributed by atoms with Gasteiger partial charge in [0, 0.05) is 28.5 Å². The van der Waals surface area contributed by atoms with Crippen molar-refractivity contribution in [3.63, 3.8) is 0 Å². The predicted molar refractivity (Wildman–Crippen MR) is 143 cm³/mol. The highest BCUT2D eigenvalue weighted by Crippen LogP contribution is 2.38. The van der Waals surface area contributed by atoms with Crippen LogP contribution >= 0.6 is 34.4 Å². The van der Waals surface area contributed by atoms with E-state index in [0.717, 1.165) is 11.3 Å². The van der Waals surface area contributed by atoms with E-state index in [0.29, 0.717) is 20.6 Å². The molecule has 0 bridgehead atoms. The lowest BCUT2D eigenvalue weighted by atomic mass is 10.0. The minimum absolute atomic E-state index is 0.0199. The number of aryl methyl sites for hydroxylation is 1. The molecule has 0 spiro atoms. The second-order valence-corrected chi connectivity index (χ2v) is 12.8. The number of hydrogen-bond donors (Lipinski definition) is 3. The lowest BCUT2D eigenvalue weighted by Crippen LogP contribution is -2.71. The van der Waals surface area contributed by atoms with Gasteiger partial charge >= 0.3 is 5.97 Å². The molecule has 5 heterocycles. The smallest absolute Gasteiger partial charge is 0.352 e. The summed E-state index contributed by atoms with van der Waals surface area (Å²) in [5.41, 5.74) is 6.62. The van der Waals surface area contributed by atoms with Gasteiger partial charge in [-0.1, -0.05) is 28.3 Å². The molecule has 1 saturated heterocycles. The van der Waals surface area contributed by atoms with Crippen molar-refractivity contribution in [2.75, 3.05) is 30.9 Å². The molecule has 200 valence electrons. The van der Waals surface area contributed by atoms with Crippen molar-refractivity contribution < 1.29 is 24.1 Å². The zero-order valence-corrected chi connectivity index (χ0v) is 23.1. The van der Waals surface area contributed by atoms with E-state index < -0.39 is 34.5 Å². The van der Waals surface area contributed by atoms with E-state index >= 15 is 0 Å². The molecule has 2 aliphatic heterocycles. The van der Waals surface area contributed by atoms with Gasteiger partial charge in [0.15, 0.2) is 15.2 Å². The van der Waals surface area contributed by atoms with Gasteiger partial charge in [-0.15, -0.1) is 16.4 Å². The average Bonchev–Trinajstić information content (AvgIpc) is 3.44. The SMILES string of the molecule is CO/N=C(\C(=O)N[C@@H]1CN2C(C(=O)O)=C(CSc3nn4c(=O)cc(C)nc4s3)C[S+]([O-])[C@H]12)c1csc(N)n1. The van der Waals surface area contributed by atoms with Crippen LogP contribution in [0.4, 0.5) is 5.13 Å². The molecule has 2 aliphatic rings. The number of nitrogens with one attached hydrogen (secondary N) is 1. The molecule has 18 heteroatoms. The Kier molecular flexibility index (Phi) is 7.32. The summed E-state index contributed by atoms with van der Waals surface area (Å²) in [6, 6.07) is 0.807. The summed E-state index contributed by atoms with van der Waals surface area (Å²) in [7, 11) is 1.29. The van der Waals surface area contributed by atoms with Gasteiger partial charge in [0.05, 0.1) is 6.54 Å². The molecular weight excluding hydrogens is 577 g/mol. The number of fused-ring (bicyclic) bond motifs is 2. The number of carboxylic acids is 1. The molecule has 0 radical (unpaired) electrons. The number of aliphatic carboxylic acids is 1. The van der Waals surface area contributed by atoms with Crippen LogP contribution < -0.4 is 16.6 Å². The summed E-state index contributed by atoms with van der Waals surface area (Å²) >= 11 is 2.11. The number of anilines is 1. The highest BCUT2D eigenvalue weighted by molar-refractivity contribution is 8.01. The fourth-order valence-corrected chi connectivity index (χ4v) is 8.52. The largest absolute Gasteiger partial charge is 0.614 e. The zero-order chi connectivity index (χ0) is 27.1. The van der Waals surface area contributed by atoms with Gasteiger partial charge in [-0.25, -0.2) is 14.8 Å². The number of oxime groups is 1. The van der Waals surface area contributed by atoms with Gasteiger partial charge in [-0.3, -0.25) is 9.59 Å². The Morgan fingerprint density at radius 3 is 2.92 bits per heavy atom. The summed E-state index contributed by atoms with van der Waals surface area (Å²) in [4.78, 5) is 52.3. The molecular formula is C20H20N8O6S4. The Bertz CT molecular complexity index is 1550. The molecule has 1 amide bonds. The Morgan fingerprint density at radius 2 is 2.24 bits per heavy atom. The number of nitrogens with zero attached hydrogens (tertiary/aromatic N) is 6. The number of carboxylic acid groups (broad SMARTS) is 1. The molecule has 1 unspecified atom stereocenters. The molecule has 0 saturated carbocycles. The third-order valence-electron chi connectivity index (χ3n) is 5.66. The number of amides is 1. The van der Waals surface area contributed by atoms with Crippen LogP contribution in [0.1, 0.15) is 11.4 Å². The Morgan fingerprint density at radius 1 is 1.45 bits per heavy atom. The number of carbonyl (C=O) groups excluding carboxylic acids is 1. The number of aromatic nitrogens is 4. The molecule has 0 aromatic carbocycles. The van der Waals surface area contributed by atoms with Crippen LogP contribution in [-0.4, -0.2) is 88.3 Å². The summed E-state index contributed by atoms with van der Waals surface area (Å²) in [5, 5.41) is 21.8. The number of carbonyl (C=O) groups is 2. The molecule has 3 aromatic rings. The fourth-order valence-electron chi connectivity index (χ4n) is 4.10. The quantitative estimate of drug-likeness (QED) is 0.135. The maximum atomic E-state index is 13.2. The van der Waals surface area contributed by atoms with Crippen molar-refractivity contribution in [2.45, 2.75) is 22.7 Å². The molecule has 0 aliphatic carbocycles. The number of hydrogen-bond acceptors (Lipinski definition) is 14. The Labute approximate surface area is 229 Å². The van der Waals surface area contributed by atoms with Crippen molar-refractivity contribution >= 4 is 73.3 Å². The summed E-state index contributed by atoms with van der Waals surface area (Å²) < 4.78 is 14.9. The van der Waals surface area contributed by atoms with Crippen molar-refractivity contribution in [3.8, 4) is 0 Å². The second-order valence-electron chi connectivity index (χ2n) is 8.19. The zero-order valence-electron chi connectivity index (χ0n) is 19.8. The summed E-state index contributed by atoms with van der Waals surface area (Å²) in [6.45, 7) is 1.87. The second kappa shape index (κ2) is 10.5. The number of nitrogen functional groups attached to an aromatic ring is 1.